The molecule has 0 amide bonds. The van der Waals surface area contributed by atoms with Gasteiger partial charge in [-0.25, -0.2) is 18.1 Å². The van der Waals surface area contributed by atoms with Crippen LogP contribution in [-0.4, -0.2) is 33.6 Å². The Morgan fingerprint density at radius 3 is 2.69 bits per heavy atom. The van der Waals surface area contributed by atoms with Crippen molar-refractivity contribution in [1.29, 1.82) is 0 Å². The number of tetrazole rings is 1. The molecule has 1 aromatic carbocycles. The van der Waals surface area contributed by atoms with Crippen LogP contribution in [0.3, 0.4) is 0 Å². The molecule has 1 aliphatic carbocycles. The van der Waals surface area contributed by atoms with Gasteiger partial charge in [-0.3, -0.25) is 4.72 Å². The van der Waals surface area contributed by atoms with Gasteiger partial charge in [-0.1, -0.05) is 35.3 Å². The number of pyridine rings is 1. The Hall–Kier alpha value is -2.23. The number of benzene rings is 1. The van der Waals surface area contributed by atoms with Crippen molar-refractivity contribution in [3.05, 3.63) is 46.7 Å². The summed E-state index contributed by atoms with van der Waals surface area (Å²) in [4.78, 5) is 3.60. The van der Waals surface area contributed by atoms with Gasteiger partial charge in [-0.2, -0.15) is 0 Å². The van der Waals surface area contributed by atoms with Gasteiger partial charge in [0.05, 0.1) is 6.04 Å². The second kappa shape index (κ2) is 6.49. The summed E-state index contributed by atoms with van der Waals surface area (Å²) in [6, 6.07) is 9.81. The first-order valence-corrected chi connectivity index (χ1v) is 9.91. The van der Waals surface area contributed by atoms with Gasteiger partial charge in [0.15, 0.2) is 11.0 Å². The third-order valence-electron chi connectivity index (χ3n) is 3.83. The van der Waals surface area contributed by atoms with E-state index in [0.29, 0.717) is 23.1 Å². The highest BCUT2D eigenvalue weighted by Gasteiger charge is 2.28. The second-order valence-electron chi connectivity index (χ2n) is 5.79. The van der Waals surface area contributed by atoms with Crippen molar-refractivity contribution in [3.8, 4) is 11.4 Å². The van der Waals surface area contributed by atoms with E-state index < -0.39 is 10.0 Å². The van der Waals surface area contributed by atoms with Crippen molar-refractivity contribution in [2.24, 2.45) is 0 Å². The summed E-state index contributed by atoms with van der Waals surface area (Å²) in [5.41, 5.74) is 1.07. The Balaban J connectivity index is 1.65. The lowest BCUT2D eigenvalue weighted by atomic mass is 10.2. The van der Waals surface area contributed by atoms with E-state index in [2.05, 4.69) is 25.2 Å². The highest BCUT2D eigenvalue weighted by atomic mass is 35.5. The standard InChI is InChI=1S/C15H12Cl2N6O2S/c16-13-7-6-12(14(17)18-13)26(24,25)20-10-3-1-2-9(8-10)15-19-21-22-23(15)11-4-5-11/h1-3,6-8,11,20H,4-5H2. The Labute approximate surface area is 159 Å². The molecule has 134 valence electrons. The minimum absolute atomic E-state index is 0.114. The molecule has 0 aliphatic heterocycles. The van der Waals surface area contributed by atoms with Crippen LogP contribution in [0.5, 0.6) is 0 Å². The minimum atomic E-state index is -3.92. The molecule has 2 heterocycles. The molecule has 2 aromatic heterocycles. The largest absolute Gasteiger partial charge is 0.280 e. The van der Waals surface area contributed by atoms with Gasteiger partial charge in [-0.15, -0.1) is 5.10 Å². The number of hydrogen-bond acceptors (Lipinski definition) is 6. The molecule has 1 saturated carbocycles. The quantitative estimate of drug-likeness (QED) is 0.647. The Morgan fingerprint density at radius 1 is 1.15 bits per heavy atom. The molecule has 26 heavy (non-hydrogen) atoms. The summed E-state index contributed by atoms with van der Waals surface area (Å²) >= 11 is 11.6. The number of sulfonamides is 1. The topological polar surface area (TPSA) is 103 Å². The SMILES string of the molecule is O=S(=O)(Nc1cccc(-c2nnnn2C2CC2)c1)c1ccc(Cl)nc1Cl. The van der Waals surface area contributed by atoms with Crippen LogP contribution in [0.1, 0.15) is 18.9 Å². The molecule has 0 bridgehead atoms. The van der Waals surface area contributed by atoms with Crippen molar-refractivity contribution >= 4 is 38.9 Å². The van der Waals surface area contributed by atoms with Crippen molar-refractivity contribution < 1.29 is 8.42 Å². The third kappa shape index (κ3) is 3.37. The molecule has 0 radical (unpaired) electrons. The van der Waals surface area contributed by atoms with Crippen LogP contribution in [0.15, 0.2) is 41.3 Å². The minimum Gasteiger partial charge on any atom is -0.280 e. The van der Waals surface area contributed by atoms with Gasteiger partial charge in [-0.05, 0) is 47.5 Å². The fourth-order valence-electron chi connectivity index (χ4n) is 2.48. The van der Waals surface area contributed by atoms with E-state index in [9.17, 15) is 8.42 Å². The summed E-state index contributed by atoms with van der Waals surface area (Å²) in [5.74, 6) is 0.597. The lowest BCUT2D eigenvalue weighted by molar-refractivity contribution is 0.601. The first kappa shape index (κ1) is 17.2. The number of hydrogen-bond donors (Lipinski definition) is 1. The molecule has 1 fully saturated rings. The van der Waals surface area contributed by atoms with Gasteiger partial charge in [0.2, 0.25) is 0 Å². The predicted molar refractivity (Wildman–Crippen MR) is 96.6 cm³/mol. The van der Waals surface area contributed by atoms with E-state index in [-0.39, 0.29) is 15.2 Å². The Bertz CT molecular complexity index is 1080. The maximum atomic E-state index is 12.6. The average molecular weight is 411 g/mol. The van der Waals surface area contributed by atoms with Gasteiger partial charge in [0.25, 0.3) is 10.0 Å². The predicted octanol–water partition coefficient (Wildman–Crippen LogP) is 3.18. The van der Waals surface area contributed by atoms with Gasteiger partial charge >= 0.3 is 0 Å². The van der Waals surface area contributed by atoms with Gasteiger partial charge in [0, 0.05) is 11.3 Å². The molecule has 0 unspecified atom stereocenters. The highest BCUT2D eigenvalue weighted by molar-refractivity contribution is 7.92. The zero-order valence-corrected chi connectivity index (χ0v) is 15.5. The van der Waals surface area contributed by atoms with Gasteiger partial charge in [0.1, 0.15) is 10.0 Å². The molecule has 8 nitrogen and oxygen atoms in total. The lowest BCUT2D eigenvalue weighted by Gasteiger charge is -2.10. The number of halogens is 2. The fraction of sp³-hybridized carbons (Fsp3) is 0.200. The van der Waals surface area contributed by atoms with Crippen LogP contribution >= 0.6 is 23.2 Å². The van der Waals surface area contributed by atoms with Crippen LogP contribution in [0.25, 0.3) is 11.4 Å². The van der Waals surface area contributed by atoms with Crippen LogP contribution in [-0.2, 0) is 10.0 Å². The van der Waals surface area contributed by atoms with Crippen LogP contribution in [0, 0.1) is 0 Å². The number of nitrogens with one attached hydrogen (secondary N) is 1. The summed E-state index contributed by atoms with van der Waals surface area (Å²) < 4.78 is 29.4. The fourth-order valence-corrected chi connectivity index (χ4v) is 4.19. The summed E-state index contributed by atoms with van der Waals surface area (Å²) in [5, 5.41) is 11.7. The Morgan fingerprint density at radius 2 is 1.96 bits per heavy atom. The highest BCUT2D eigenvalue weighted by Crippen LogP contribution is 2.37. The maximum Gasteiger partial charge on any atom is 0.264 e. The Kier molecular flexibility index (Phi) is 4.29. The van der Waals surface area contributed by atoms with E-state index >= 15 is 0 Å². The number of rotatable bonds is 5. The van der Waals surface area contributed by atoms with Crippen molar-refractivity contribution in [3.63, 3.8) is 0 Å². The maximum absolute atomic E-state index is 12.6. The van der Waals surface area contributed by atoms with Crippen LogP contribution in [0.2, 0.25) is 10.3 Å². The normalized spacial score (nSPS) is 14.4. The van der Waals surface area contributed by atoms with Gasteiger partial charge < -0.3 is 0 Å². The van der Waals surface area contributed by atoms with Crippen molar-refractivity contribution in [2.75, 3.05) is 4.72 Å². The molecule has 11 heteroatoms. The van der Waals surface area contributed by atoms with E-state index in [1.54, 1.807) is 22.9 Å². The van der Waals surface area contributed by atoms with Crippen LogP contribution < -0.4 is 4.72 Å². The van der Waals surface area contributed by atoms with E-state index in [1.807, 2.05) is 6.07 Å². The number of aromatic nitrogens is 5. The molecule has 1 N–H and O–H groups in total. The van der Waals surface area contributed by atoms with Crippen molar-refractivity contribution in [2.45, 2.75) is 23.8 Å². The second-order valence-corrected chi connectivity index (χ2v) is 8.18. The molecule has 3 aromatic rings. The van der Waals surface area contributed by atoms with Crippen LogP contribution in [0.4, 0.5) is 5.69 Å². The monoisotopic (exact) mass is 410 g/mol. The first-order valence-electron chi connectivity index (χ1n) is 7.67. The van der Waals surface area contributed by atoms with E-state index in [1.165, 1.54) is 12.1 Å². The molecule has 0 spiro atoms. The molecule has 0 saturated heterocycles. The molecular formula is C15H12Cl2N6O2S. The summed E-state index contributed by atoms with van der Waals surface area (Å²) in [7, 11) is -3.92. The molecule has 1 aliphatic rings. The summed E-state index contributed by atoms with van der Waals surface area (Å²) in [6.45, 7) is 0. The molecule has 0 atom stereocenters. The summed E-state index contributed by atoms with van der Waals surface area (Å²) in [6.07, 6.45) is 2.07. The number of nitrogens with zero attached hydrogens (tertiary/aromatic N) is 5. The van der Waals surface area contributed by atoms with E-state index in [4.69, 9.17) is 23.2 Å². The number of anilines is 1. The zero-order valence-electron chi connectivity index (χ0n) is 13.2. The zero-order chi connectivity index (χ0) is 18.3. The molecule has 4 rings (SSSR count). The third-order valence-corrected chi connectivity index (χ3v) is 5.85. The smallest absolute Gasteiger partial charge is 0.264 e. The first-order chi connectivity index (χ1) is 12.4. The van der Waals surface area contributed by atoms with E-state index in [0.717, 1.165) is 12.8 Å². The average Bonchev–Trinajstić information content (AvgIpc) is 3.31. The molecular weight excluding hydrogens is 399 g/mol. The lowest BCUT2D eigenvalue weighted by Crippen LogP contribution is -2.14. The van der Waals surface area contributed by atoms with Crippen molar-refractivity contribution in [1.82, 2.24) is 25.2 Å².